The molecule has 4 atom stereocenters. The number of hydrogen-bond acceptors (Lipinski definition) is 12. The number of nitrogens with zero attached hydrogens (tertiary/aromatic N) is 2. The van der Waals surface area contributed by atoms with E-state index in [-0.39, 0.29) is 36.4 Å². The molecule has 4 unspecified atom stereocenters. The Labute approximate surface area is 253 Å². The zero-order valence-corrected chi connectivity index (χ0v) is 26.5. The summed E-state index contributed by atoms with van der Waals surface area (Å²) in [6, 6.07) is 8.06. The van der Waals surface area contributed by atoms with Gasteiger partial charge in [-0.25, -0.2) is 9.65 Å². The van der Waals surface area contributed by atoms with Gasteiger partial charge in [0.1, 0.15) is 17.7 Å². The lowest BCUT2D eigenvalue weighted by molar-refractivity contribution is -0.129. The van der Waals surface area contributed by atoms with Crippen LogP contribution in [-0.2, 0) is 23.4 Å². The van der Waals surface area contributed by atoms with Crippen molar-refractivity contribution in [3.8, 4) is 5.75 Å². The Morgan fingerprint density at radius 1 is 1.28 bits per heavy atom. The zero-order chi connectivity index (χ0) is 31.8. The number of nitrogens with one attached hydrogen (secondary N) is 3. The number of fused-ring (bicyclic) bond motifs is 1. The second kappa shape index (κ2) is 18.6. The summed E-state index contributed by atoms with van der Waals surface area (Å²) in [5.41, 5.74) is 5.73. The topological polar surface area (TPSA) is 190 Å². The Hall–Kier alpha value is -3.00. The van der Waals surface area contributed by atoms with E-state index in [9.17, 15) is 14.2 Å². The normalized spacial score (nSPS) is 20.7. The second-order valence-electron chi connectivity index (χ2n) is 10.2. The number of ether oxygens (including phenoxy) is 2. The van der Waals surface area contributed by atoms with Crippen molar-refractivity contribution in [2.75, 3.05) is 50.0 Å². The Kier molecular flexibility index (Phi) is 15.7. The maximum Gasteiger partial charge on any atom is 0.459 e. The number of aromatic nitrogens is 2. The maximum absolute atomic E-state index is 12.7. The van der Waals surface area contributed by atoms with Crippen LogP contribution in [0.25, 0.3) is 0 Å². The van der Waals surface area contributed by atoms with E-state index < -0.39 is 13.8 Å². The van der Waals surface area contributed by atoms with Crippen LogP contribution in [0.5, 0.6) is 5.75 Å². The number of para-hydroxylation sites is 1. The highest BCUT2D eigenvalue weighted by molar-refractivity contribution is 7.52. The van der Waals surface area contributed by atoms with Gasteiger partial charge in [-0.15, -0.1) is 0 Å². The highest BCUT2D eigenvalue weighted by atomic mass is 31.2. The fourth-order valence-electron chi connectivity index (χ4n) is 4.25. The fraction of sp³-hybridized carbons (Fsp3) is 0.607. The van der Waals surface area contributed by atoms with Gasteiger partial charge in [0.25, 0.3) is 5.56 Å². The smallest absolute Gasteiger partial charge is 0.413 e. The Morgan fingerprint density at radius 2 is 1.91 bits per heavy atom. The van der Waals surface area contributed by atoms with Crippen molar-refractivity contribution in [1.82, 2.24) is 15.1 Å². The third kappa shape index (κ3) is 12.6. The van der Waals surface area contributed by atoms with Crippen LogP contribution in [0.4, 0.5) is 17.5 Å². The number of carbonyl (C=O) groups excluding carboxylic acids is 1. The predicted octanol–water partition coefficient (Wildman–Crippen LogP) is 3.29. The van der Waals surface area contributed by atoms with Crippen LogP contribution in [-0.4, -0.2) is 79.8 Å². The summed E-state index contributed by atoms with van der Waals surface area (Å²) >= 11 is 0. The molecule has 2 aliphatic heterocycles. The molecular formula is C28H47N6O8P. The number of aldehydes is 1. The second-order valence-corrected chi connectivity index (χ2v) is 11.9. The molecule has 1 aromatic carbocycles. The van der Waals surface area contributed by atoms with E-state index in [4.69, 9.17) is 24.6 Å². The standard InChI is InChI=1S/C14H20NO5P.C7H11N5O.C5H10O.C2H6O/c1-11(9-16)15-21(17,18-10-14-8-12(2)19-14)20-13-6-4-3-5-7-13;1-2-12-3-9-4-5(12)10-7(8)11-6(4)13;6-5-3-1-2-4-5;1-3-2/h3-7,9,11-12,14H,8,10H2,1-2H3,(H,15,17);9H,2-3H2,1H3,(H3,8,10,11,13);5-6H,1-4H2;1-2H3. The average Bonchev–Trinajstić information content (AvgIpc) is 3.61. The van der Waals surface area contributed by atoms with Gasteiger partial charge in [-0.1, -0.05) is 31.0 Å². The van der Waals surface area contributed by atoms with Crippen LogP contribution in [0.1, 0.15) is 52.9 Å². The SMILES string of the molecule is CC(C=O)NP(=O)(OCC1CC(C)O1)Oc1ccccc1.CCN1CNc2c1nc(N)[nH]c2=O.COC.OC1CCCC1. The minimum absolute atomic E-state index is 0.0463. The van der Waals surface area contributed by atoms with Crippen LogP contribution < -0.4 is 31.1 Å². The first-order valence-electron chi connectivity index (χ1n) is 14.4. The van der Waals surface area contributed by atoms with Crippen LogP contribution in [0, 0.1) is 0 Å². The molecule has 3 heterocycles. The zero-order valence-electron chi connectivity index (χ0n) is 25.7. The van der Waals surface area contributed by atoms with Gasteiger partial charge in [-0.2, -0.15) is 4.98 Å². The van der Waals surface area contributed by atoms with Gasteiger partial charge < -0.3 is 39.8 Å². The van der Waals surface area contributed by atoms with Gasteiger partial charge in [0, 0.05) is 27.2 Å². The van der Waals surface area contributed by atoms with Crippen molar-refractivity contribution >= 4 is 31.5 Å². The van der Waals surface area contributed by atoms with Gasteiger partial charge in [0.15, 0.2) is 5.82 Å². The average molecular weight is 627 g/mol. The molecule has 6 N–H and O–H groups in total. The monoisotopic (exact) mass is 626 g/mol. The summed E-state index contributed by atoms with van der Waals surface area (Å²) in [7, 11) is -0.378. The van der Waals surface area contributed by atoms with E-state index in [1.54, 1.807) is 45.4 Å². The van der Waals surface area contributed by atoms with Crippen LogP contribution in [0.15, 0.2) is 35.1 Å². The first-order chi connectivity index (χ1) is 20.5. The number of nitrogen functional groups attached to an aromatic ring is 1. The van der Waals surface area contributed by atoms with E-state index in [1.807, 2.05) is 24.8 Å². The third-order valence-electron chi connectivity index (χ3n) is 6.36. The number of benzene rings is 1. The van der Waals surface area contributed by atoms with Gasteiger partial charge in [-0.3, -0.25) is 14.3 Å². The molecular weight excluding hydrogens is 579 g/mol. The molecule has 1 aliphatic carbocycles. The number of carbonyl (C=O) groups is 1. The lowest BCUT2D eigenvalue weighted by atomic mass is 10.1. The van der Waals surface area contributed by atoms with Crippen molar-refractivity contribution < 1.29 is 33.0 Å². The molecule has 1 saturated carbocycles. The number of aliphatic hydroxyl groups excluding tert-OH is 1. The largest absolute Gasteiger partial charge is 0.459 e. The van der Waals surface area contributed by atoms with Gasteiger partial charge in [0.05, 0.1) is 37.6 Å². The van der Waals surface area contributed by atoms with Crippen molar-refractivity contribution in [1.29, 1.82) is 0 Å². The number of hydrogen-bond donors (Lipinski definition) is 5. The molecule has 43 heavy (non-hydrogen) atoms. The molecule has 14 nitrogen and oxygen atoms in total. The summed E-state index contributed by atoms with van der Waals surface area (Å²) in [6.45, 7) is 7.12. The molecule has 15 heteroatoms. The van der Waals surface area contributed by atoms with Crippen LogP contribution >= 0.6 is 7.75 Å². The number of methoxy groups -OCH3 is 1. The lowest BCUT2D eigenvalue weighted by Crippen LogP contribution is -2.39. The van der Waals surface area contributed by atoms with E-state index >= 15 is 0 Å². The molecule has 2 fully saturated rings. The van der Waals surface area contributed by atoms with Gasteiger partial charge >= 0.3 is 7.75 Å². The van der Waals surface area contributed by atoms with Crippen molar-refractivity contribution in [3.63, 3.8) is 0 Å². The highest BCUT2D eigenvalue weighted by Gasteiger charge is 2.33. The molecule has 0 amide bonds. The molecule has 5 rings (SSSR count). The number of anilines is 3. The first kappa shape index (κ1) is 36.2. The summed E-state index contributed by atoms with van der Waals surface area (Å²) in [4.78, 5) is 30.5. The number of H-pyrrole nitrogens is 1. The molecule has 3 aliphatic rings. The Balaban J connectivity index is 0.000000246. The summed E-state index contributed by atoms with van der Waals surface area (Å²) in [5.74, 6) is 1.21. The summed E-state index contributed by atoms with van der Waals surface area (Å²) in [6.07, 6.45) is 6.23. The number of aliphatic hydroxyl groups is 1. The van der Waals surface area contributed by atoms with Crippen LogP contribution in [0.2, 0.25) is 0 Å². The Morgan fingerprint density at radius 3 is 2.42 bits per heavy atom. The van der Waals surface area contributed by atoms with Gasteiger partial charge in [0.2, 0.25) is 5.95 Å². The number of nitrogens with two attached hydrogens (primary N) is 1. The van der Waals surface area contributed by atoms with E-state index in [0.29, 0.717) is 30.2 Å². The quantitative estimate of drug-likeness (QED) is 0.201. The third-order valence-corrected chi connectivity index (χ3v) is 8.02. The van der Waals surface area contributed by atoms with E-state index in [0.717, 1.165) is 25.8 Å². The van der Waals surface area contributed by atoms with E-state index in [1.165, 1.54) is 12.8 Å². The molecule has 0 radical (unpaired) electrons. The minimum Gasteiger partial charge on any atom is -0.413 e. The molecule has 2 aromatic rings. The van der Waals surface area contributed by atoms with Crippen molar-refractivity contribution in [2.24, 2.45) is 0 Å². The molecule has 242 valence electrons. The minimum atomic E-state index is -3.63. The first-order valence-corrected chi connectivity index (χ1v) is 15.9. The Bertz CT molecular complexity index is 1190. The molecule has 0 spiro atoms. The van der Waals surface area contributed by atoms with Crippen molar-refractivity contribution in [3.05, 3.63) is 40.7 Å². The molecule has 0 bridgehead atoms. The lowest BCUT2D eigenvalue weighted by Gasteiger charge is -2.34. The highest BCUT2D eigenvalue weighted by Crippen LogP contribution is 2.45. The number of aromatic amines is 1. The fourth-order valence-corrected chi connectivity index (χ4v) is 5.75. The summed E-state index contributed by atoms with van der Waals surface area (Å²) in [5, 5.41) is 14.3. The van der Waals surface area contributed by atoms with Crippen LogP contribution in [0.3, 0.4) is 0 Å². The molecule has 1 saturated heterocycles. The summed E-state index contributed by atoms with van der Waals surface area (Å²) < 4.78 is 33.2. The molecule has 1 aromatic heterocycles. The number of rotatable bonds is 9. The van der Waals surface area contributed by atoms with E-state index in [2.05, 4.69) is 25.1 Å². The predicted molar refractivity (Wildman–Crippen MR) is 166 cm³/mol. The van der Waals surface area contributed by atoms with Crippen molar-refractivity contribution in [2.45, 2.75) is 77.2 Å². The van der Waals surface area contributed by atoms with Gasteiger partial charge in [-0.05, 0) is 45.7 Å². The maximum atomic E-state index is 12.7.